The molecule has 19 aromatic carbocycles. The Labute approximate surface area is 870 Å². The third kappa shape index (κ3) is 25.0. The molecule has 12 nitrogen and oxygen atoms in total. The SMILES string of the molecule is Cc1ccc(-c2cc(-c3ccccc3)nc(-c3ccc(-c4ccccc4)cc3)n2)cc1.Cc1ccc(-c2ccc(-c3cc(-c4ccccc4)nc(-c4ccccc4)n3)cc2)cc1.Cc1ccc(-c2ccc(-c3nc(-c4ccccc4)cc(-c4ccccc4)n3)cc2)cc1.Cc1ccc(-c2ccc(-c3nc(-c4ccccc4)nc(-c4ccccc4)n3)cc2)cc1.Cc1ccc(-c2nc(-c3ccccc3)nc(-c3ccccc3)n2)cc1. The molecule has 0 saturated carbocycles. The van der Waals surface area contributed by atoms with Gasteiger partial charge in [-0.1, -0.05) is 550 Å². The lowest BCUT2D eigenvalue weighted by atomic mass is 10.0. The van der Waals surface area contributed by atoms with Gasteiger partial charge in [0.05, 0.1) is 34.2 Å². The van der Waals surface area contributed by atoms with E-state index in [1.807, 2.05) is 243 Å². The van der Waals surface area contributed by atoms with E-state index in [2.05, 4.69) is 332 Å². The van der Waals surface area contributed by atoms with Gasteiger partial charge in [0.15, 0.2) is 52.4 Å². The second-order valence-corrected chi connectivity index (χ2v) is 36.3. The van der Waals surface area contributed by atoms with Crippen LogP contribution in [0, 0.1) is 34.6 Å². The summed E-state index contributed by atoms with van der Waals surface area (Å²) in [7, 11) is 0. The first-order chi connectivity index (χ1) is 73.3. The van der Waals surface area contributed by atoms with Crippen LogP contribution in [0.1, 0.15) is 27.8 Å². The minimum atomic E-state index is 0.670. The molecule has 24 rings (SSSR count). The van der Waals surface area contributed by atoms with Crippen molar-refractivity contribution in [2.24, 2.45) is 0 Å². The van der Waals surface area contributed by atoms with E-state index in [1.54, 1.807) is 0 Å². The highest BCUT2D eigenvalue weighted by molar-refractivity contribution is 5.80. The third-order valence-electron chi connectivity index (χ3n) is 25.4. The summed E-state index contributed by atoms with van der Waals surface area (Å²) in [5.41, 5.74) is 36.7. The molecular weight excluding hydrogens is 1810 g/mol. The van der Waals surface area contributed by atoms with Crippen LogP contribution in [0.3, 0.4) is 0 Å². The van der Waals surface area contributed by atoms with Gasteiger partial charge in [0.1, 0.15) is 0 Å². The third-order valence-corrected chi connectivity index (χ3v) is 25.4. The topological polar surface area (TPSA) is 155 Å². The summed E-state index contributed by atoms with van der Waals surface area (Å²) in [6.45, 7) is 10.5. The predicted octanol–water partition coefficient (Wildman–Crippen LogP) is 34.4. The van der Waals surface area contributed by atoms with Crippen molar-refractivity contribution in [3.8, 4) is 215 Å². The zero-order valence-corrected chi connectivity index (χ0v) is 83.3. The van der Waals surface area contributed by atoms with Crippen LogP contribution in [0.5, 0.6) is 0 Å². The average Bonchev–Trinajstić information content (AvgIpc) is 0.829. The molecule has 712 valence electrons. The van der Waals surface area contributed by atoms with E-state index < -0.39 is 0 Å². The molecule has 5 aromatic heterocycles. The number of hydrogen-bond donors (Lipinski definition) is 0. The van der Waals surface area contributed by atoms with Crippen LogP contribution in [-0.2, 0) is 0 Å². The first kappa shape index (κ1) is 96.9. The van der Waals surface area contributed by atoms with E-state index in [4.69, 9.17) is 59.8 Å². The van der Waals surface area contributed by atoms with E-state index in [1.165, 1.54) is 72.3 Å². The molecule has 0 aliphatic heterocycles. The zero-order valence-electron chi connectivity index (χ0n) is 83.3. The largest absolute Gasteiger partial charge is 0.228 e. The maximum Gasteiger partial charge on any atom is 0.164 e. The Morgan fingerprint density at radius 3 is 0.349 bits per heavy atom. The first-order valence-corrected chi connectivity index (χ1v) is 49.8. The van der Waals surface area contributed by atoms with E-state index in [0.29, 0.717) is 34.9 Å². The molecule has 0 spiro atoms. The Bertz CT molecular complexity index is 7760. The summed E-state index contributed by atoms with van der Waals surface area (Å²) in [4.78, 5) is 57.8. The first-order valence-electron chi connectivity index (χ1n) is 49.8. The molecule has 0 aliphatic carbocycles. The van der Waals surface area contributed by atoms with Gasteiger partial charge in [0.2, 0.25) is 0 Å². The van der Waals surface area contributed by atoms with Crippen molar-refractivity contribution in [3.05, 3.63) is 568 Å². The standard InChI is InChI=1S/3C29H22N2.C28H21N3.C22H17N3/c1-21-12-14-22(15-13-21)23-16-18-25(19-17-23)28-20-27(24-8-4-2-5-9-24)30-29(31-28)26-10-6-3-7-11-26;1-21-12-14-22(15-13-21)23-16-18-26(19-17-23)29-30-27(24-8-4-2-5-9-24)20-28(31-29)25-10-6-3-7-11-25;1-21-12-14-25(15-13-21)28-20-27(24-10-6-3-7-11-24)30-29(31-28)26-18-16-23(17-19-26)22-8-4-2-5-9-22;1-20-12-14-21(15-13-20)22-16-18-25(19-17-22)28-30-26(23-8-4-2-5-9-23)29-27(31-28)24-10-6-3-7-11-24;1-16-12-14-19(15-13-16)22-24-20(17-8-4-2-5-9-17)23-21(25-22)18-10-6-3-7-11-18/h3*2-20H,1H3;2-19H,1H3;2-15H,1H3. The molecule has 0 radical (unpaired) electrons. The zero-order chi connectivity index (χ0) is 101. The lowest BCUT2D eigenvalue weighted by Gasteiger charge is -2.10. The fourth-order valence-electron chi connectivity index (χ4n) is 17.1. The molecular formula is C137H104N12. The molecule has 0 aliphatic rings. The number of benzene rings is 19. The van der Waals surface area contributed by atoms with Gasteiger partial charge in [-0.3, -0.25) is 0 Å². The molecule has 12 heteroatoms. The number of aryl methyl sites for hydroxylation is 5. The molecule has 0 bridgehead atoms. The van der Waals surface area contributed by atoms with Gasteiger partial charge in [-0.05, 0) is 97.3 Å². The Morgan fingerprint density at radius 2 is 0.181 bits per heavy atom. The molecule has 0 amide bonds. The van der Waals surface area contributed by atoms with Gasteiger partial charge >= 0.3 is 0 Å². The number of aromatic nitrogens is 12. The van der Waals surface area contributed by atoms with Gasteiger partial charge in [-0.25, -0.2) is 59.8 Å². The van der Waals surface area contributed by atoms with Crippen molar-refractivity contribution < 1.29 is 0 Å². The minimum absolute atomic E-state index is 0.670. The maximum atomic E-state index is 4.92. The quantitative estimate of drug-likeness (QED) is 0.0757. The lowest BCUT2D eigenvalue weighted by molar-refractivity contribution is 1.07. The van der Waals surface area contributed by atoms with Gasteiger partial charge in [0, 0.05) is 83.5 Å². The fraction of sp³-hybridized carbons (Fsp3) is 0.0365. The van der Waals surface area contributed by atoms with Gasteiger partial charge in [-0.15, -0.1) is 0 Å². The Morgan fingerprint density at radius 1 is 0.0872 bits per heavy atom. The van der Waals surface area contributed by atoms with Crippen LogP contribution >= 0.6 is 0 Å². The second kappa shape index (κ2) is 47.1. The van der Waals surface area contributed by atoms with Gasteiger partial charge in [-0.2, -0.15) is 0 Å². The summed E-state index contributed by atoms with van der Waals surface area (Å²) in [6, 6.07) is 184. The number of hydrogen-bond acceptors (Lipinski definition) is 12. The molecule has 0 N–H and O–H groups in total. The maximum absolute atomic E-state index is 4.92. The average molecular weight is 1920 g/mol. The highest BCUT2D eigenvalue weighted by Gasteiger charge is 2.20. The van der Waals surface area contributed by atoms with Crippen molar-refractivity contribution >= 4 is 0 Å². The van der Waals surface area contributed by atoms with Crippen LogP contribution in [0.25, 0.3) is 215 Å². The monoisotopic (exact) mass is 1920 g/mol. The molecule has 0 atom stereocenters. The fourth-order valence-corrected chi connectivity index (χ4v) is 17.1. The molecule has 24 aromatic rings. The van der Waals surface area contributed by atoms with Crippen LogP contribution in [0.4, 0.5) is 0 Å². The predicted molar refractivity (Wildman–Crippen MR) is 613 cm³/mol. The van der Waals surface area contributed by atoms with E-state index in [9.17, 15) is 0 Å². The Balaban J connectivity index is 0.000000113. The smallest absolute Gasteiger partial charge is 0.164 e. The normalized spacial score (nSPS) is 10.7. The van der Waals surface area contributed by atoms with Crippen LogP contribution < -0.4 is 0 Å². The Kier molecular flexibility index (Phi) is 30.6. The lowest BCUT2D eigenvalue weighted by Crippen LogP contribution is -2.00. The molecule has 0 fully saturated rings. The number of nitrogens with zero attached hydrogens (tertiary/aromatic N) is 12. The molecule has 0 saturated heterocycles. The highest BCUT2D eigenvalue weighted by atomic mass is 15.0. The molecule has 5 heterocycles. The van der Waals surface area contributed by atoms with Gasteiger partial charge in [0.25, 0.3) is 0 Å². The summed E-state index contributed by atoms with van der Waals surface area (Å²) in [6.07, 6.45) is 0. The van der Waals surface area contributed by atoms with Crippen LogP contribution in [0.15, 0.2) is 540 Å². The summed E-state index contributed by atoms with van der Waals surface area (Å²) >= 11 is 0. The van der Waals surface area contributed by atoms with Crippen molar-refractivity contribution in [3.63, 3.8) is 0 Å². The number of rotatable bonds is 19. The molecule has 149 heavy (non-hydrogen) atoms. The minimum Gasteiger partial charge on any atom is -0.228 e. The van der Waals surface area contributed by atoms with E-state index >= 15 is 0 Å². The van der Waals surface area contributed by atoms with Crippen molar-refractivity contribution in [1.29, 1.82) is 0 Å². The van der Waals surface area contributed by atoms with E-state index in [-0.39, 0.29) is 0 Å². The van der Waals surface area contributed by atoms with Crippen molar-refractivity contribution in [2.45, 2.75) is 34.6 Å². The molecule has 0 unspecified atom stereocenters. The van der Waals surface area contributed by atoms with Crippen LogP contribution in [0.2, 0.25) is 0 Å². The highest BCUT2D eigenvalue weighted by Crippen LogP contribution is 2.37. The Hall–Kier alpha value is -19.6. The summed E-state index contributed by atoms with van der Waals surface area (Å²) < 4.78 is 0. The van der Waals surface area contributed by atoms with Crippen molar-refractivity contribution in [2.75, 3.05) is 0 Å². The second-order valence-electron chi connectivity index (χ2n) is 36.3. The van der Waals surface area contributed by atoms with Crippen molar-refractivity contribution in [1.82, 2.24) is 59.8 Å². The summed E-state index contributed by atoms with van der Waals surface area (Å²) in [5.74, 6) is 6.27. The summed E-state index contributed by atoms with van der Waals surface area (Å²) in [5, 5.41) is 0. The van der Waals surface area contributed by atoms with E-state index in [0.717, 1.165) is 135 Å². The van der Waals surface area contributed by atoms with Gasteiger partial charge < -0.3 is 0 Å². The van der Waals surface area contributed by atoms with Crippen LogP contribution in [-0.4, -0.2) is 59.8 Å².